The lowest BCUT2D eigenvalue weighted by atomic mass is 10.1. The molecule has 0 saturated carbocycles. The number of carbonyl (C=O) groups is 2. The van der Waals surface area contributed by atoms with Gasteiger partial charge in [-0.1, -0.05) is 0 Å². The molecule has 0 aromatic carbocycles. The Morgan fingerprint density at radius 2 is 1.53 bits per heavy atom. The molecule has 0 aromatic heterocycles. The van der Waals surface area contributed by atoms with Crippen molar-refractivity contribution in [2.45, 2.75) is 44.7 Å². The van der Waals surface area contributed by atoms with Crippen molar-refractivity contribution in [2.75, 3.05) is 26.3 Å². The van der Waals surface area contributed by atoms with E-state index in [0.29, 0.717) is 0 Å². The van der Waals surface area contributed by atoms with E-state index in [4.69, 9.17) is 4.74 Å². The van der Waals surface area contributed by atoms with Gasteiger partial charge in [-0.2, -0.15) is 0 Å². The fraction of sp³-hybridized carbons (Fsp3) is 0.846. The van der Waals surface area contributed by atoms with Crippen LogP contribution in [0.1, 0.15) is 32.6 Å². The summed E-state index contributed by atoms with van der Waals surface area (Å²) < 4.78 is 5.26. The number of nitrogens with one attached hydrogen (secondary N) is 2. The van der Waals surface area contributed by atoms with E-state index in [1.807, 2.05) is 4.90 Å². The fourth-order valence-corrected chi connectivity index (χ4v) is 2.59. The molecule has 2 fully saturated rings. The van der Waals surface area contributed by atoms with E-state index in [-0.39, 0.29) is 24.0 Å². The minimum Gasteiger partial charge on any atom is -0.381 e. The maximum atomic E-state index is 11.9. The molecule has 6 heteroatoms. The predicted molar refractivity (Wildman–Crippen MR) is 70.8 cm³/mol. The topological polar surface area (TPSA) is 70.7 Å². The smallest absolute Gasteiger partial charge is 0.315 e. The first kappa shape index (κ1) is 14.1. The molecular weight excluding hydrogens is 246 g/mol. The van der Waals surface area contributed by atoms with Crippen molar-refractivity contribution >= 4 is 11.9 Å². The number of nitrogens with zero attached hydrogens (tertiary/aromatic N) is 1. The third-order valence-corrected chi connectivity index (χ3v) is 3.83. The van der Waals surface area contributed by atoms with Crippen LogP contribution in [0, 0.1) is 0 Å². The van der Waals surface area contributed by atoms with Crippen LogP contribution in [0.2, 0.25) is 0 Å². The quantitative estimate of drug-likeness (QED) is 0.766. The Labute approximate surface area is 113 Å². The van der Waals surface area contributed by atoms with E-state index in [1.165, 1.54) is 0 Å². The Morgan fingerprint density at radius 1 is 1.00 bits per heavy atom. The second-order valence-electron chi connectivity index (χ2n) is 5.28. The van der Waals surface area contributed by atoms with Crippen LogP contribution in [0.15, 0.2) is 0 Å². The monoisotopic (exact) mass is 269 g/mol. The average molecular weight is 269 g/mol. The molecule has 0 aromatic rings. The van der Waals surface area contributed by atoms with E-state index in [9.17, 15) is 9.59 Å². The van der Waals surface area contributed by atoms with Gasteiger partial charge < -0.3 is 20.3 Å². The number of amides is 3. The van der Waals surface area contributed by atoms with E-state index in [1.54, 1.807) is 6.92 Å². The molecule has 0 aliphatic carbocycles. The molecule has 0 atom stereocenters. The third-order valence-electron chi connectivity index (χ3n) is 3.83. The molecule has 2 N–H and O–H groups in total. The lowest BCUT2D eigenvalue weighted by Crippen LogP contribution is -2.51. The average Bonchev–Trinajstić information content (AvgIpc) is 2.40. The van der Waals surface area contributed by atoms with Crippen LogP contribution in [-0.4, -0.2) is 55.2 Å². The zero-order valence-electron chi connectivity index (χ0n) is 11.5. The van der Waals surface area contributed by atoms with Crippen LogP contribution in [0.4, 0.5) is 4.79 Å². The van der Waals surface area contributed by atoms with Gasteiger partial charge in [-0.05, 0) is 25.7 Å². The molecule has 108 valence electrons. The van der Waals surface area contributed by atoms with Crippen molar-refractivity contribution in [3.05, 3.63) is 0 Å². The fourth-order valence-electron chi connectivity index (χ4n) is 2.59. The van der Waals surface area contributed by atoms with E-state index in [0.717, 1.165) is 52.0 Å². The highest BCUT2D eigenvalue weighted by Gasteiger charge is 2.23. The summed E-state index contributed by atoms with van der Waals surface area (Å²) in [5.74, 6) is 0.116. The summed E-state index contributed by atoms with van der Waals surface area (Å²) >= 11 is 0. The summed E-state index contributed by atoms with van der Waals surface area (Å²) in [5, 5.41) is 5.99. The van der Waals surface area contributed by atoms with Gasteiger partial charge in [-0.3, -0.25) is 4.79 Å². The lowest BCUT2D eigenvalue weighted by Gasteiger charge is -2.32. The van der Waals surface area contributed by atoms with Gasteiger partial charge in [-0.15, -0.1) is 0 Å². The molecule has 2 rings (SSSR count). The van der Waals surface area contributed by atoms with Crippen molar-refractivity contribution in [1.29, 1.82) is 0 Å². The summed E-state index contributed by atoms with van der Waals surface area (Å²) in [6.07, 6.45) is 3.44. The number of likely N-dealkylation sites (tertiary alicyclic amines) is 1. The number of carbonyl (C=O) groups excluding carboxylic acids is 2. The van der Waals surface area contributed by atoms with Crippen molar-refractivity contribution in [3.8, 4) is 0 Å². The molecule has 2 aliphatic heterocycles. The van der Waals surface area contributed by atoms with Gasteiger partial charge in [0.25, 0.3) is 0 Å². The molecule has 3 amide bonds. The third kappa shape index (κ3) is 4.38. The first-order valence-corrected chi connectivity index (χ1v) is 7.05. The van der Waals surface area contributed by atoms with Crippen molar-refractivity contribution in [3.63, 3.8) is 0 Å². The normalized spacial score (nSPS) is 22.1. The summed E-state index contributed by atoms with van der Waals surface area (Å²) in [6, 6.07) is 0.315. The molecule has 6 nitrogen and oxygen atoms in total. The number of rotatable bonds is 2. The maximum Gasteiger partial charge on any atom is 0.315 e. The van der Waals surface area contributed by atoms with Gasteiger partial charge in [-0.25, -0.2) is 4.79 Å². The summed E-state index contributed by atoms with van der Waals surface area (Å²) in [4.78, 5) is 24.9. The first-order chi connectivity index (χ1) is 9.15. The van der Waals surface area contributed by atoms with Crippen molar-refractivity contribution < 1.29 is 14.3 Å². The predicted octanol–water partition coefficient (Wildman–Crippen LogP) is 0.476. The lowest BCUT2D eigenvalue weighted by molar-refractivity contribution is -0.129. The summed E-state index contributed by atoms with van der Waals surface area (Å²) in [7, 11) is 0. The highest BCUT2D eigenvalue weighted by atomic mass is 16.5. The van der Waals surface area contributed by atoms with Gasteiger partial charge in [0.05, 0.1) is 0 Å². The highest BCUT2D eigenvalue weighted by molar-refractivity contribution is 5.75. The summed E-state index contributed by atoms with van der Waals surface area (Å²) in [5.41, 5.74) is 0. The van der Waals surface area contributed by atoms with Crippen molar-refractivity contribution in [2.24, 2.45) is 0 Å². The zero-order chi connectivity index (χ0) is 13.7. The molecule has 0 spiro atoms. The van der Waals surface area contributed by atoms with Crippen LogP contribution < -0.4 is 10.6 Å². The Bertz CT molecular complexity index is 321. The van der Waals surface area contributed by atoms with Crippen LogP contribution in [0.5, 0.6) is 0 Å². The van der Waals surface area contributed by atoms with Crippen molar-refractivity contribution in [1.82, 2.24) is 15.5 Å². The Balaban J connectivity index is 1.67. The summed E-state index contributed by atoms with van der Waals surface area (Å²) in [6.45, 7) is 4.50. The molecule has 19 heavy (non-hydrogen) atoms. The SMILES string of the molecule is CC(=O)N1CCC(NC(=O)NC2CCOCC2)CC1. The van der Waals surface area contributed by atoms with Gasteiger partial charge in [0.2, 0.25) is 5.91 Å². The van der Waals surface area contributed by atoms with E-state index >= 15 is 0 Å². The Kier molecular flexibility index (Phi) is 5.01. The van der Waals surface area contributed by atoms with Gasteiger partial charge in [0.1, 0.15) is 0 Å². The number of urea groups is 1. The van der Waals surface area contributed by atoms with Gasteiger partial charge in [0.15, 0.2) is 0 Å². The van der Waals surface area contributed by atoms with E-state index in [2.05, 4.69) is 10.6 Å². The minimum absolute atomic E-state index is 0.0897. The van der Waals surface area contributed by atoms with Gasteiger partial charge in [0, 0.05) is 45.3 Å². The van der Waals surface area contributed by atoms with Crippen LogP contribution >= 0.6 is 0 Å². The standard InChI is InChI=1S/C13H23N3O3/c1-10(17)16-6-2-11(3-7-16)14-13(18)15-12-4-8-19-9-5-12/h11-12H,2-9H2,1H3,(H2,14,15,18). The molecule has 2 heterocycles. The molecule has 2 saturated heterocycles. The van der Waals surface area contributed by atoms with E-state index < -0.39 is 0 Å². The van der Waals surface area contributed by atoms with Crippen LogP contribution in [-0.2, 0) is 9.53 Å². The van der Waals surface area contributed by atoms with Crippen LogP contribution in [0.3, 0.4) is 0 Å². The highest BCUT2D eigenvalue weighted by Crippen LogP contribution is 2.11. The molecular formula is C13H23N3O3. The molecule has 2 aliphatic rings. The number of hydrogen-bond acceptors (Lipinski definition) is 3. The molecule has 0 radical (unpaired) electrons. The number of hydrogen-bond donors (Lipinski definition) is 2. The minimum atomic E-state index is -0.0897. The molecule has 0 bridgehead atoms. The Morgan fingerprint density at radius 3 is 2.05 bits per heavy atom. The molecule has 0 unspecified atom stereocenters. The van der Waals surface area contributed by atoms with Crippen LogP contribution in [0.25, 0.3) is 0 Å². The largest absolute Gasteiger partial charge is 0.381 e. The van der Waals surface area contributed by atoms with Gasteiger partial charge >= 0.3 is 6.03 Å². The zero-order valence-corrected chi connectivity index (χ0v) is 11.5. The first-order valence-electron chi connectivity index (χ1n) is 7.05. The Hall–Kier alpha value is -1.30. The maximum absolute atomic E-state index is 11.9. The second kappa shape index (κ2) is 6.75. The number of piperidine rings is 1. The second-order valence-corrected chi connectivity index (χ2v) is 5.28. The number of ether oxygens (including phenoxy) is 1.